The van der Waals surface area contributed by atoms with Crippen molar-refractivity contribution in [1.29, 1.82) is 0 Å². The molecule has 0 saturated carbocycles. The molecule has 1 N–H and O–H groups in total. The zero-order valence-electron chi connectivity index (χ0n) is 13.2. The third-order valence-electron chi connectivity index (χ3n) is 4.18. The highest BCUT2D eigenvalue weighted by molar-refractivity contribution is 5.98. The second-order valence-corrected chi connectivity index (χ2v) is 6.04. The fraction of sp³-hybridized carbons (Fsp3) is 0.316. The lowest BCUT2D eigenvalue weighted by Gasteiger charge is -2.26. The molecular formula is C19H19NO4. The lowest BCUT2D eigenvalue weighted by molar-refractivity contribution is -0.128. The Balaban J connectivity index is 1.46. The molecule has 5 nitrogen and oxygen atoms in total. The summed E-state index contributed by atoms with van der Waals surface area (Å²) in [6.45, 7) is 1.66. The van der Waals surface area contributed by atoms with Crippen LogP contribution in [0.2, 0.25) is 0 Å². The SMILES string of the molecule is O=C1Nc2c(cccc2OCc2ccccc2)CC1OC[C@@H]1CO1. The Hall–Kier alpha value is -2.37. The van der Waals surface area contributed by atoms with Gasteiger partial charge in [0.25, 0.3) is 5.91 Å². The van der Waals surface area contributed by atoms with Crippen molar-refractivity contribution in [2.24, 2.45) is 0 Å². The van der Waals surface area contributed by atoms with Crippen LogP contribution < -0.4 is 10.1 Å². The van der Waals surface area contributed by atoms with Gasteiger partial charge in [-0.25, -0.2) is 0 Å². The fourth-order valence-electron chi connectivity index (χ4n) is 2.76. The van der Waals surface area contributed by atoms with Crippen molar-refractivity contribution in [1.82, 2.24) is 0 Å². The van der Waals surface area contributed by atoms with Crippen LogP contribution in [0.3, 0.4) is 0 Å². The summed E-state index contributed by atoms with van der Waals surface area (Å²) < 4.78 is 16.7. The molecule has 1 amide bonds. The molecule has 2 aromatic carbocycles. The van der Waals surface area contributed by atoms with Crippen molar-refractivity contribution >= 4 is 11.6 Å². The van der Waals surface area contributed by atoms with Crippen molar-refractivity contribution in [3.63, 3.8) is 0 Å². The number of hydrogen-bond acceptors (Lipinski definition) is 4. The van der Waals surface area contributed by atoms with Crippen molar-refractivity contribution in [2.45, 2.75) is 25.2 Å². The molecule has 2 aliphatic rings. The van der Waals surface area contributed by atoms with Gasteiger partial charge >= 0.3 is 0 Å². The molecule has 2 heterocycles. The second-order valence-electron chi connectivity index (χ2n) is 6.04. The number of carbonyl (C=O) groups is 1. The molecule has 2 aliphatic heterocycles. The Morgan fingerprint density at radius 2 is 1.96 bits per heavy atom. The molecule has 0 radical (unpaired) electrons. The van der Waals surface area contributed by atoms with Crippen LogP contribution in [0.15, 0.2) is 48.5 Å². The number of ether oxygens (including phenoxy) is 3. The van der Waals surface area contributed by atoms with Crippen LogP contribution in [0, 0.1) is 0 Å². The molecule has 124 valence electrons. The zero-order chi connectivity index (χ0) is 16.4. The number of nitrogens with one attached hydrogen (secondary N) is 1. The molecule has 2 atom stereocenters. The fourth-order valence-corrected chi connectivity index (χ4v) is 2.76. The minimum absolute atomic E-state index is 0.126. The third-order valence-corrected chi connectivity index (χ3v) is 4.18. The molecule has 0 spiro atoms. The van der Waals surface area contributed by atoms with Gasteiger partial charge in [0.15, 0.2) is 0 Å². The smallest absolute Gasteiger partial charge is 0.253 e. The molecule has 0 bridgehead atoms. The predicted molar refractivity (Wildman–Crippen MR) is 89.0 cm³/mol. The largest absolute Gasteiger partial charge is 0.487 e. The molecule has 0 aliphatic carbocycles. The summed E-state index contributed by atoms with van der Waals surface area (Å²) in [5.74, 6) is 0.563. The summed E-state index contributed by atoms with van der Waals surface area (Å²) in [6.07, 6.45) is 0.238. The van der Waals surface area contributed by atoms with Gasteiger partial charge in [-0.1, -0.05) is 42.5 Å². The Morgan fingerprint density at radius 3 is 2.75 bits per heavy atom. The van der Waals surface area contributed by atoms with E-state index in [9.17, 15) is 4.79 Å². The minimum Gasteiger partial charge on any atom is -0.487 e. The van der Waals surface area contributed by atoms with Crippen LogP contribution in [0.5, 0.6) is 5.75 Å². The first kappa shape index (κ1) is 15.2. The lowest BCUT2D eigenvalue weighted by Crippen LogP contribution is -2.37. The third kappa shape index (κ3) is 3.42. The minimum atomic E-state index is -0.467. The lowest BCUT2D eigenvalue weighted by atomic mass is 10.00. The highest BCUT2D eigenvalue weighted by Gasteiger charge is 2.31. The molecule has 2 aromatic rings. The molecular weight excluding hydrogens is 306 g/mol. The Morgan fingerprint density at radius 1 is 1.12 bits per heavy atom. The average molecular weight is 325 g/mol. The van der Waals surface area contributed by atoms with Crippen LogP contribution >= 0.6 is 0 Å². The number of para-hydroxylation sites is 1. The normalized spacial score (nSPS) is 21.8. The van der Waals surface area contributed by atoms with E-state index in [1.165, 1.54) is 0 Å². The van der Waals surface area contributed by atoms with Gasteiger partial charge in [0, 0.05) is 6.42 Å². The van der Waals surface area contributed by atoms with Gasteiger partial charge < -0.3 is 19.5 Å². The first-order valence-corrected chi connectivity index (χ1v) is 8.12. The number of hydrogen-bond donors (Lipinski definition) is 1. The summed E-state index contributed by atoms with van der Waals surface area (Å²) in [4.78, 5) is 12.3. The molecule has 4 rings (SSSR count). The van der Waals surface area contributed by atoms with E-state index in [1.54, 1.807) is 0 Å². The highest BCUT2D eigenvalue weighted by Crippen LogP contribution is 2.33. The van der Waals surface area contributed by atoms with Crippen molar-refractivity contribution in [3.05, 3.63) is 59.7 Å². The topological polar surface area (TPSA) is 60.1 Å². The molecule has 5 heteroatoms. The molecule has 1 fully saturated rings. The van der Waals surface area contributed by atoms with E-state index in [0.29, 0.717) is 25.4 Å². The standard InChI is InChI=1S/C19H19NO4/c21-19-17(24-12-15-11-22-15)9-14-7-4-8-16(18(14)20-19)23-10-13-5-2-1-3-6-13/h1-8,15,17H,9-12H2,(H,20,21)/t15-,17?/m0/s1. The summed E-state index contributed by atoms with van der Waals surface area (Å²) in [6, 6.07) is 15.8. The van der Waals surface area contributed by atoms with E-state index in [-0.39, 0.29) is 12.0 Å². The Labute approximate surface area is 140 Å². The number of fused-ring (bicyclic) bond motifs is 1. The summed E-state index contributed by atoms with van der Waals surface area (Å²) in [7, 11) is 0. The average Bonchev–Trinajstić information content (AvgIpc) is 3.43. The molecule has 1 saturated heterocycles. The van der Waals surface area contributed by atoms with E-state index in [0.717, 1.165) is 23.4 Å². The maximum Gasteiger partial charge on any atom is 0.253 e. The highest BCUT2D eigenvalue weighted by atomic mass is 16.6. The van der Waals surface area contributed by atoms with Crippen molar-refractivity contribution < 1.29 is 19.0 Å². The molecule has 1 unspecified atom stereocenters. The second kappa shape index (κ2) is 6.63. The van der Waals surface area contributed by atoms with E-state index >= 15 is 0 Å². The van der Waals surface area contributed by atoms with Gasteiger partial charge in [-0.3, -0.25) is 4.79 Å². The number of anilines is 1. The number of carbonyl (C=O) groups excluding carboxylic acids is 1. The van der Waals surface area contributed by atoms with Crippen molar-refractivity contribution in [2.75, 3.05) is 18.5 Å². The van der Waals surface area contributed by atoms with Gasteiger partial charge in [0.1, 0.15) is 24.6 Å². The number of benzene rings is 2. The van der Waals surface area contributed by atoms with Gasteiger partial charge in [-0.05, 0) is 17.2 Å². The summed E-state index contributed by atoms with van der Waals surface area (Å²) in [5.41, 5.74) is 2.87. The number of epoxide rings is 1. The molecule has 24 heavy (non-hydrogen) atoms. The van der Waals surface area contributed by atoms with Crippen LogP contribution in [0.4, 0.5) is 5.69 Å². The summed E-state index contributed by atoms with van der Waals surface area (Å²) >= 11 is 0. The first-order chi connectivity index (χ1) is 11.8. The van der Waals surface area contributed by atoms with Crippen LogP contribution in [0.25, 0.3) is 0 Å². The maximum absolute atomic E-state index is 12.3. The van der Waals surface area contributed by atoms with E-state index in [1.807, 2.05) is 48.5 Å². The van der Waals surface area contributed by atoms with Crippen LogP contribution in [-0.4, -0.2) is 31.3 Å². The molecule has 0 aromatic heterocycles. The van der Waals surface area contributed by atoms with Gasteiger partial charge in [0.05, 0.1) is 18.9 Å². The van der Waals surface area contributed by atoms with Gasteiger partial charge in [-0.2, -0.15) is 0 Å². The van der Waals surface area contributed by atoms with Crippen molar-refractivity contribution in [3.8, 4) is 5.75 Å². The maximum atomic E-state index is 12.3. The number of amides is 1. The Kier molecular flexibility index (Phi) is 4.19. The number of rotatable bonds is 6. The van der Waals surface area contributed by atoms with Gasteiger partial charge in [-0.15, -0.1) is 0 Å². The van der Waals surface area contributed by atoms with E-state index in [2.05, 4.69) is 5.32 Å². The monoisotopic (exact) mass is 325 g/mol. The van der Waals surface area contributed by atoms with Crippen LogP contribution in [0.1, 0.15) is 11.1 Å². The summed E-state index contributed by atoms with van der Waals surface area (Å²) in [5, 5.41) is 2.93. The zero-order valence-corrected chi connectivity index (χ0v) is 13.2. The Bertz CT molecular complexity index is 727. The predicted octanol–water partition coefficient (Wildman–Crippen LogP) is 2.54. The van der Waals surface area contributed by atoms with E-state index < -0.39 is 6.10 Å². The van der Waals surface area contributed by atoms with E-state index in [4.69, 9.17) is 14.2 Å². The van der Waals surface area contributed by atoms with Crippen LogP contribution in [-0.2, 0) is 27.3 Å². The quantitative estimate of drug-likeness (QED) is 0.829. The van der Waals surface area contributed by atoms with Gasteiger partial charge in [0.2, 0.25) is 0 Å². The first-order valence-electron chi connectivity index (χ1n) is 8.12.